The molecule has 1 amide bonds. The fourth-order valence-electron chi connectivity index (χ4n) is 14.2. The molecule has 5 saturated carbocycles. The van der Waals surface area contributed by atoms with Crippen molar-refractivity contribution >= 4 is 35.2 Å². The van der Waals surface area contributed by atoms with Crippen LogP contribution in [0.3, 0.4) is 0 Å². The fraction of sp³-hybridized carbons (Fsp3) is 0.731. The van der Waals surface area contributed by atoms with Crippen molar-refractivity contribution in [2.24, 2.45) is 56.2 Å². The highest BCUT2D eigenvalue weighted by Gasteiger charge is 2.70. The molecule has 0 aliphatic heterocycles. The lowest BCUT2D eigenvalue weighted by Crippen LogP contribution is -2.65. The average molecular weight is 845 g/mol. The Kier molecular flexibility index (Phi) is 11.2. The summed E-state index contributed by atoms with van der Waals surface area (Å²) >= 11 is 6.20. The molecule has 1 N–H and O–H groups in total. The summed E-state index contributed by atoms with van der Waals surface area (Å²) in [7, 11) is 0. The second-order valence-electron chi connectivity index (χ2n) is 23.6. The molecule has 0 aromatic heterocycles. The van der Waals surface area contributed by atoms with Crippen molar-refractivity contribution in [3.8, 4) is 0 Å². The van der Waals surface area contributed by atoms with Crippen LogP contribution in [0.4, 0.5) is 0 Å². The van der Waals surface area contributed by atoms with Gasteiger partial charge in [0.1, 0.15) is 11.7 Å². The van der Waals surface area contributed by atoms with Crippen LogP contribution in [0.5, 0.6) is 0 Å². The molecule has 6 aliphatic carbocycles. The smallest absolute Gasteiger partial charge is 0.312 e. The van der Waals surface area contributed by atoms with E-state index in [-0.39, 0.29) is 75.2 Å². The highest BCUT2D eigenvalue weighted by molar-refractivity contribution is 6.30. The van der Waals surface area contributed by atoms with Gasteiger partial charge in [-0.05, 0) is 175 Å². The Labute approximate surface area is 366 Å². The quantitative estimate of drug-likeness (QED) is 0.196. The molecule has 0 radical (unpaired) electrons. The minimum absolute atomic E-state index is 0.00908. The summed E-state index contributed by atoms with van der Waals surface area (Å²) in [4.78, 5) is 54.9. The zero-order valence-corrected chi connectivity index (χ0v) is 39.8. The van der Waals surface area contributed by atoms with Gasteiger partial charge >= 0.3 is 11.9 Å². The van der Waals surface area contributed by atoms with E-state index in [4.69, 9.17) is 21.1 Å². The van der Waals surface area contributed by atoms with E-state index < -0.39 is 16.4 Å². The lowest BCUT2D eigenvalue weighted by molar-refractivity contribution is -0.232. The number of allylic oxidation sites excluding steroid dienone is 3. The van der Waals surface area contributed by atoms with E-state index in [1.165, 1.54) is 5.57 Å². The Morgan fingerprint density at radius 3 is 2.10 bits per heavy atom. The van der Waals surface area contributed by atoms with Crippen LogP contribution in [0.15, 0.2) is 47.1 Å². The zero-order chi connectivity index (χ0) is 44.2. The van der Waals surface area contributed by atoms with Gasteiger partial charge in [0.2, 0.25) is 5.91 Å². The number of halogens is 1. The molecule has 330 valence electrons. The Morgan fingerprint density at radius 2 is 1.50 bits per heavy atom. The van der Waals surface area contributed by atoms with Crippen LogP contribution < -0.4 is 5.32 Å². The molecule has 60 heavy (non-hydrogen) atoms. The highest BCUT2D eigenvalue weighted by atomic mass is 35.5. The molecule has 8 atom stereocenters. The molecule has 7 nitrogen and oxygen atoms in total. The predicted molar refractivity (Wildman–Crippen MR) is 238 cm³/mol. The van der Waals surface area contributed by atoms with E-state index in [2.05, 4.69) is 59.9 Å². The third-order valence-corrected chi connectivity index (χ3v) is 17.8. The number of amides is 1. The number of esters is 2. The molecule has 0 bridgehead atoms. The van der Waals surface area contributed by atoms with Crippen LogP contribution in [0.1, 0.15) is 173 Å². The van der Waals surface area contributed by atoms with E-state index in [1.807, 2.05) is 52.0 Å². The number of hydrogen-bond acceptors (Lipinski definition) is 6. The van der Waals surface area contributed by atoms with Gasteiger partial charge in [-0.2, -0.15) is 0 Å². The van der Waals surface area contributed by atoms with Crippen LogP contribution in [0, 0.1) is 56.2 Å². The van der Waals surface area contributed by atoms with Gasteiger partial charge < -0.3 is 14.8 Å². The number of rotatable bonds is 9. The molecule has 7 rings (SSSR count). The number of fused-ring (bicyclic) bond motifs is 7. The first-order chi connectivity index (χ1) is 27.6. The van der Waals surface area contributed by atoms with Crippen LogP contribution in [0.2, 0.25) is 5.02 Å². The standard InChI is InChI=1S/C52H74ClNO6/c1-31(2)41-36(55)29-51(28-32(3)43(57)54-52(26-27-52)33-14-16-34(53)17-15-33)25-24-49(12)35(42(41)51)18-19-38-48(11)22-21-39(47(9,10)37(48)20-23-50(38,49)13)59-40(56)30-46(7,8)44(58)60-45(4,5)6/h14-17,28,31,35,37-39H,18-27,29-30H2,1-13H3,(H,54,57)/t35-,37+,38-,39+,48+,49-,50-,51-/m1/s1. The monoisotopic (exact) mass is 844 g/mol. The van der Waals surface area contributed by atoms with Gasteiger partial charge in [0.25, 0.3) is 0 Å². The molecule has 1 aromatic rings. The molecular formula is C52H74ClNO6. The summed E-state index contributed by atoms with van der Waals surface area (Å²) in [6.07, 6.45) is 12.2. The highest BCUT2D eigenvalue weighted by Crippen LogP contribution is 2.77. The van der Waals surface area contributed by atoms with Gasteiger partial charge in [0.15, 0.2) is 5.78 Å². The number of ether oxygens (including phenoxy) is 2. The SMILES string of the molecule is CC(=C[C@@]12CC[C@]3(C)[C@H](CC[C@@H]4[C@@]5(C)CC[C@H](OC(=O)CC(C)(C)C(=O)OC(C)(C)C)C(C)(C)[C@@H]5CC[C@]43C)C1=C(C(C)C)C(=O)C2)C(=O)NC1(c2ccc(Cl)cc2)CC1. The van der Waals surface area contributed by atoms with Crippen molar-refractivity contribution in [1.29, 1.82) is 0 Å². The van der Waals surface area contributed by atoms with E-state index in [1.54, 1.807) is 13.8 Å². The second-order valence-corrected chi connectivity index (χ2v) is 24.1. The maximum Gasteiger partial charge on any atom is 0.312 e. The number of carbonyl (C=O) groups is 4. The topological polar surface area (TPSA) is 98.8 Å². The molecule has 0 heterocycles. The van der Waals surface area contributed by atoms with Crippen LogP contribution in [-0.4, -0.2) is 35.3 Å². The number of ketones is 1. The maximum absolute atomic E-state index is 14.3. The Balaban J connectivity index is 1.13. The minimum atomic E-state index is -0.983. The zero-order valence-electron chi connectivity index (χ0n) is 39.1. The van der Waals surface area contributed by atoms with Gasteiger partial charge in [-0.1, -0.05) is 78.3 Å². The Morgan fingerprint density at radius 1 is 0.850 bits per heavy atom. The van der Waals surface area contributed by atoms with E-state index in [9.17, 15) is 19.2 Å². The summed E-state index contributed by atoms with van der Waals surface area (Å²) in [6, 6.07) is 7.82. The first-order valence-corrected chi connectivity index (χ1v) is 23.5. The molecule has 0 saturated heterocycles. The van der Waals surface area contributed by atoms with E-state index in [0.29, 0.717) is 28.9 Å². The van der Waals surface area contributed by atoms with Gasteiger partial charge in [-0.3, -0.25) is 19.2 Å². The number of benzene rings is 1. The van der Waals surface area contributed by atoms with Gasteiger partial charge in [0, 0.05) is 27.8 Å². The molecular weight excluding hydrogens is 770 g/mol. The molecule has 6 aliphatic rings. The summed E-state index contributed by atoms with van der Waals surface area (Å²) in [5.74, 6) is 0.754. The van der Waals surface area contributed by atoms with Crippen molar-refractivity contribution in [1.82, 2.24) is 5.32 Å². The largest absolute Gasteiger partial charge is 0.462 e. The lowest BCUT2D eigenvalue weighted by atomic mass is 9.33. The average Bonchev–Trinajstić information content (AvgIpc) is 3.84. The molecule has 0 spiro atoms. The van der Waals surface area contributed by atoms with Gasteiger partial charge in [-0.15, -0.1) is 0 Å². The first kappa shape index (κ1) is 45.1. The van der Waals surface area contributed by atoms with Crippen molar-refractivity contribution in [2.75, 3.05) is 0 Å². The van der Waals surface area contributed by atoms with E-state index in [0.717, 1.165) is 75.3 Å². The summed E-state index contributed by atoms with van der Waals surface area (Å²) in [5, 5.41) is 4.08. The van der Waals surface area contributed by atoms with Crippen molar-refractivity contribution in [2.45, 2.75) is 184 Å². The van der Waals surface area contributed by atoms with Crippen LogP contribution >= 0.6 is 11.6 Å². The molecule has 5 fully saturated rings. The normalized spacial score (nSPS) is 35.8. The van der Waals surface area contributed by atoms with Crippen molar-refractivity contribution in [3.05, 3.63) is 57.6 Å². The third-order valence-electron chi connectivity index (χ3n) is 17.6. The maximum atomic E-state index is 14.3. The van der Waals surface area contributed by atoms with Gasteiger partial charge in [0.05, 0.1) is 17.4 Å². The number of carbonyl (C=O) groups excluding carboxylic acids is 4. The Bertz CT molecular complexity index is 2000. The number of Topliss-reactive ketones (excluding diaryl/α,β-unsaturated/α-hetero) is 1. The summed E-state index contributed by atoms with van der Waals surface area (Å²) in [6.45, 7) is 27.7. The third kappa shape index (κ3) is 7.34. The lowest BCUT2D eigenvalue weighted by Gasteiger charge is -2.72. The van der Waals surface area contributed by atoms with Gasteiger partial charge in [-0.25, -0.2) is 0 Å². The van der Waals surface area contributed by atoms with Crippen molar-refractivity contribution in [3.63, 3.8) is 0 Å². The molecule has 8 heteroatoms. The predicted octanol–water partition coefficient (Wildman–Crippen LogP) is 12.0. The van der Waals surface area contributed by atoms with Crippen molar-refractivity contribution < 1.29 is 28.7 Å². The minimum Gasteiger partial charge on any atom is -0.462 e. The molecule has 1 aromatic carbocycles. The first-order valence-electron chi connectivity index (χ1n) is 23.1. The van der Waals surface area contributed by atoms with E-state index >= 15 is 0 Å². The molecule has 0 unspecified atom stereocenters. The summed E-state index contributed by atoms with van der Waals surface area (Å²) in [5.41, 5.74) is 1.63. The number of hydrogen-bond donors (Lipinski definition) is 1. The Hall–Kier alpha value is -2.93. The van der Waals surface area contributed by atoms with Crippen LogP contribution in [-0.2, 0) is 34.2 Å². The number of nitrogens with one attached hydrogen (secondary N) is 1. The second kappa shape index (κ2) is 14.8. The summed E-state index contributed by atoms with van der Waals surface area (Å²) < 4.78 is 12.0. The fourth-order valence-corrected chi connectivity index (χ4v) is 14.4. The van der Waals surface area contributed by atoms with Crippen LogP contribution in [0.25, 0.3) is 0 Å².